The summed E-state index contributed by atoms with van der Waals surface area (Å²) in [7, 11) is 0. The number of carbonyl (C=O) groups is 1. The quantitative estimate of drug-likeness (QED) is 0.505. The molecule has 6 nitrogen and oxygen atoms in total. The topological polar surface area (TPSA) is 73.1 Å². The van der Waals surface area contributed by atoms with Crippen LogP contribution in [0.4, 0.5) is 14.5 Å². The van der Waals surface area contributed by atoms with Crippen LogP contribution < -0.4 is 16.6 Å². The number of aromatic nitrogens is 2. The maximum absolute atomic E-state index is 13.9. The van der Waals surface area contributed by atoms with Crippen LogP contribution in [0.25, 0.3) is 10.9 Å². The molecule has 8 heteroatoms. The van der Waals surface area contributed by atoms with Gasteiger partial charge in [0.15, 0.2) is 0 Å². The first kappa shape index (κ1) is 21.2. The Morgan fingerprint density at radius 1 is 0.875 bits per heavy atom. The molecule has 0 saturated carbocycles. The summed E-state index contributed by atoms with van der Waals surface area (Å²) in [6, 6.07) is 18.6. The lowest BCUT2D eigenvalue weighted by Crippen LogP contribution is -2.42. The van der Waals surface area contributed by atoms with Crippen molar-refractivity contribution in [3.05, 3.63) is 111 Å². The zero-order valence-corrected chi connectivity index (χ0v) is 16.9. The normalized spacial score (nSPS) is 10.9. The van der Waals surface area contributed by atoms with E-state index in [1.54, 1.807) is 24.3 Å². The van der Waals surface area contributed by atoms with Crippen LogP contribution in [-0.2, 0) is 24.3 Å². The van der Waals surface area contributed by atoms with E-state index in [-0.39, 0.29) is 23.1 Å². The number of carbonyl (C=O) groups excluding carboxylic acids is 1. The highest BCUT2D eigenvalue weighted by Gasteiger charge is 2.16. The number of hydrogen-bond donors (Lipinski definition) is 1. The number of benzene rings is 3. The molecule has 0 unspecified atom stereocenters. The van der Waals surface area contributed by atoms with Gasteiger partial charge in [-0.25, -0.2) is 13.6 Å². The molecule has 32 heavy (non-hydrogen) atoms. The fourth-order valence-electron chi connectivity index (χ4n) is 3.53. The molecule has 0 saturated heterocycles. The Hall–Kier alpha value is -4.07. The number of nitrogens with one attached hydrogen (secondary N) is 1. The van der Waals surface area contributed by atoms with E-state index >= 15 is 0 Å². The van der Waals surface area contributed by atoms with Crippen molar-refractivity contribution >= 4 is 22.5 Å². The van der Waals surface area contributed by atoms with Crippen molar-refractivity contribution in [1.82, 2.24) is 9.13 Å². The van der Waals surface area contributed by atoms with Gasteiger partial charge in [-0.15, -0.1) is 0 Å². The molecule has 0 atom stereocenters. The standard InChI is InChI=1S/C24H19F2N3O3/c25-17-10-11-19(26)20(14-17)27-22(30)15-29-21-9-5-4-8-18(21)23(31)28(24(29)32)13-12-16-6-2-1-3-7-16/h1-11,14H,12-13,15H2,(H,27,30). The minimum absolute atomic E-state index is 0.132. The number of fused-ring (bicyclic) bond motifs is 1. The van der Waals surface area contributed by atoms with Crippen LogP contribution in [0.3, 0.4) is 0 Å². The fraction of sp³-hybridized carbons (Fsp3) is 0.125. The van der Waals surface area contributed by atoms with Gasteiger partial charge >= 0.3 is 5.69 Å². The van der Waals surface area contributed by atoms with Gasteiger partial charge in [0, 0.05) is 12.6 Å². The maximum atomic E-state index is 13.9. The molecule has 1 N–H and O–H groups in total. The Labute approximate surface area is 181 Å². The Kier molecular flexibility index (Phi) is 5.93. The number of hydrogen-bond acceptors (Lipinski definition) is 3. The lowest BCUT2D eigenvalue weighted by Gasteiger charge is -2.14. The van der Waals surface area contributed by atoms with E-state index in [4.69, 9.17) is 0 Å². The zero-order chi connectivity index (χ0) is 22.7. The summed E-state index contributed by atoms with van der Waals surface area (Å²) >= 11 is 0. The number of para-hydroxylation sites is 1. The van der Waals surface area contributed by atoms with E-state index < -0.39 is 35.3 Å². The summed E-state index contributed by atoms with van der Waals surface area (Å²) in [5.41, 5.74) is -0.190. The van der Waals surface area contributed by atoms with Crippen LogP contribution in [0.1, 0.15) is 5.56 Å². The van der Waals surface area contributed by atoms with Crippen LogP contribution in [0.2, 0.25) is 0 Å². The van der Waals surface area contributed by atoms with Crippen molar-refractivity contribution in [3.8, 4) is 0 Å². The van der Waals surface area contributed by atoms with E-state index in [1.165, 1.54) is 0 Å². The van der Waals surface area contributed by atoms with Crippen LogP contribution in [0.15, 0.2) is 82.4 Å². The first-order valence-electron chi connectivity index (χ1n) is 9.95. The van der Waals surface area contributed by atoms with Crippen LogP contribution in [-0.4, -0.2) is 15.0 Å². The second-order valence-electron chi connectivity index (χ2n) is 7.25. The van der Waals surface area contributed by atoms with E-state index in [9.17, 15) is 23.2 Å². The Balaban J connectivity index is 1.70. The first-order valence-corrected chi connectivity index (χ1v) is 9.95. The van der Waals surface area contributed by atoms with Gasteiger partial charge in [0.25, 0.3) is 5.56 Å². The largest absolute Gasteiger partial charge is 0.331 e. The molecule has 0 spiro atoms. The highest BCUT2D eigenvalue weighted by atomic mass is 19.1. The Bertz CT molecular complexity index is 1410. The van der Waals surface area contributed by atoms with Crippen LogP contribution in [0, 0.1) is 11.6 Å². The molecule has 0 fully saturated rings. The fourth-order valence-corrected chi connectivity index (χ4v) is 3.53. The molecule has 3 aromatic carbocycles. The van der Waals surface area contributed by atoms with E-state index in [0.29, 0.717) is 6.42 Å². The Morgan fingerprint density at radius 3 is 2.38 bits per heavy atom. The van der Waals surface area contributed by atoms with Crippen molar-refractivity contribution in [3.63, 3.8) is 0 Å². The van der Waals surface area contributed by atoms with Crippen molar-refractivity contribution in [2.24, 2.45) is 0 Å². The maximum Gasteiger partial charge on any atom is 0.331 e. The average Bonchev–Trinajstić information content (AvgIpc) is 2.80. The molecule has 0 aliphatic heterocycles. The van der Waals surface area contributed by atoms with Gasteiger partial charge in [-0.1, -0.05) is 42.5 Å². The second kappa shape index (κ2) is 8.97. The molecule has 1 heterocycles. The van der Waals surface area contributed by atoms with E-state index in [1.807, 2.05) is 30.3 Å². The molecule has 0 aliphatic carbocycles. The number of anilines is 1. The van der Waals surface area contributed by atoms with Crippen LogP contribution in [0.5, 0.6) is 0 Å². The molecule has 4 rings (SSSR count). The summed E-state index contributed by atoms with van der Waals surface area (Å²) in [6.07, 6.45) is 0.453. The van der Waals surface area contributed by atoms with Crippen molar-refractivity contribution < 1.29 is 13.6 Å². The molecule has 0 bridgehead atoms. The molecule has 1 aromatic heterocycles. The molecule has 0 radical (unpaired) electrons. The van der Waals surface area contributed by atoms with Gasteiger partial charge in [-0.3, -0.25) is 18.7 Å². The molecule has 162 valence electrons. The summed E-state index contributed by atoms with van der Waals surface area (Å²) in [4.78, 5) is 38.7. The van der Waals surface area contributed by atoms with Gasteiger partial charge in [0.1, 0.15) is 18.2 Å². The lowest BCUT2D eigenvalue weighted by atomic mass is 10.1. The number of aryl methyl sites for hydroxylation is 1. The summed E-state index contributed by atoms with van der Waals surface area (Å²) < 4.78 is 29.5. The summed E-state index contributed by atoms with van der Waals surface area (Å²) in [5, 5.41) is 2.56. The minimum Gasteiger partial charge on any atom is -0.322 e. The van der Waals surface area contributed by atoms with Crippen molar-refractivity contribution in [2.75, 3.05) is 5.32 Å². The third kappa shape index (κ3) is 4.34. The van der Waals surface area contributed by atoms with Gasteiger partial charge in [-0.2, -0.15) is 0 Å². The zero-order valence-electron chi connectivity index (χ0n) is 16.9. The number of amides is 1. The van der Waals surface area contributed by atoms with Gasteiger partial charge in [0.05, 0.1) is 16.6 Å². The number of halogens is 2. The minimum atomic E-state index is -0.801. The van der Waals surface area contributed by atoms with Crippen molar-refractivity contribution in [1.29, 1.82) is 0 Å². The second-order valence-corrected chi connectivity index (χ2v) is 7.25. The first-order chi connectivity index (χ1) is 15.4. The summed E-state index contributed by atoms with van der Waals surface area (Å²) in [6.45, 7) is -0.340. The van der Waals surface area contributed by atoms with Crippen molar-refractivity contribution in [2.45, 2.75) is 19.5 Å². The van der Waals surface area contributed by atoms with Crippen LogP contribution >= 0.6 is 0 Å². The molecule has 1 amide bonds. The lowest BCUT2D eigenvalue weighted by molar-refractivity contribution is -0.116. The van der Waals surface area contributed by atoms with E-state index in [2.05, 4.69) is 5.32 Å². The molecule has 0 aliphatic rings. The van der Waals surface area contributed by atoms with Gasteiger partial charge < -0.3 is 5.32 Å². The number of nitrogens with zero attached hydrogens (tertiary/aromatic N) is 2. The third-order valence-electron chi connectivity index (χ3n) is 5.10. The predicted octanol–water partition coefficient (Wildman–Crippen LogP) is 3.32. The van der Waals surface area contributed by atoms with Gasteiger partial charge in [-0.05, 0) is 36.2 Å². The molecular formula is C24H19F2N3O3. The Morgan fingerprint density at radius 2 is 1.59 bits per heavy atom. The predicted molar refractivity (Wildman–Crippen MR) is 118 cm³/mol. The SMILES string of the molecule is O=C(Cn1c(=O)n(CCc2ccccc2)c(=O)c2ccccc21)Nc1cc(F)ccc1F. The average molecular weight is 435 g/mol. The number of rotatable bonds is 6. The molecular weight excluding hydrogens is 416 g/mol. The molecule has 4 aromatic rings. The monoisotopic (exact) mass is 435 g/mol. The highest BCUT2D eigenvalue weighted by molar-refractivity contribution is 5.91. The van der Waals surface area contributed by atoms with E-state index in [0.717, 1.165) is 32.9 Å². The smallest absolute Gasteiger partial charge is 0.322 e. The van der Waals surface area contributed by atoms with Gasteiger partial charge in [0.2, 0.25) is 5.91 Å². The highest BCUT2D eigenvalue weighted by Crippen LogP contribution is 2.15. The summed E-state index contributed by atoms with van der Waals surface area (Å²) in [5.74, 6) is -2.24. The third-order valence-corrected chi connectivity index (χ3v) is 5.10.